The van der Waals surface area contributed by atoms with Crippen molar-refractivity contribution >= 4 is 5.82 Å². The molecule has 0 amide bonds. The second-order valence-electron chi connectivity index (χ2n) is 5.54. The maximum Gasteiger partial charge on any atom is 0.128 e. The van der Waals surface area contributed by atoms with Crippen LogP contribution in [0, 0.1) is 0 Å². The zero-order chi connectivity index (χ0) is 11.8. The predicted octanol–water partition coefficient (Wildman–Crippen LogP) is 1.95. The van der Waals surface area contributed by atoms with Crippen molar-refractivity contribution in [3.05, 3.63) is 23.9 Å². The van der Waals surface area contributed by atoms with E-state index in [2.05, 4.69) is 42.8 Å². The highest BCUT2D eigenvalue weighted by Gasteiger charge is 2.21. The summed E-state index contributed by atoms with van der Waals surface area (Å²) in [6.07, 6.45) is 2.60. The molecule has 1 N–H and O–H groups in total. The van der Waals surface area contributed by atoms with Gasteiger partial charge in [0.1, 0.15) is 5.82 Å². The Hall–Kier alpha value is -1.09. The Labute approximate surface area is 97.1 Å². The third-order valence-electron chi connectivity index (χ3n) is 3.10. The van der Waals surface area contributed by atoms with Gasteiger partial charge in [0.15, 0.2) is 0 Å². The number of β-amino-alcohol motifs (C(OH)–C–C–N with tert-alkyl or cyclic N) is 1. The molecule has 2 rings (SSSR count). The van der Waals surface area contributed by atoms with Crippen molar-refractivity contribution < 1.29 is 5.11 Å². The van der Waals surface area contributed by atoms with E-state index in [1.807, 2.05) is 6.20 Å². The topological polar surface area (TPSA) is 36.4 Å². The lowest BCUT2D eigenvalue weighted by molar-refractivity contribution is 0.198. The van der Waals surface area contributed by atoms with Gasteiger partial charge in [-0.25, -0.2) is 4.98 Å². The average Bonchev–Trinajstić information content (AvgIpc) is 2.64. The van der Waals surface area contributed by atoms with E-state index >= 15 is 0 Å². The normalized spacial score (nSPS) is 21.5. The molecule has 0 aliphatic carbocycles. The fraction of sp³-hybridized carbons (Fsp3) is 0.615. The van der Waals surface area contributed by atoms with Gasteiger partial charge in [0, 0.05) is 19.3 Å². The molecule has 1 saturated heterocycles. The number of anilines is 1. The van der Waals surface area contributed by atoms with Gasteiger partial charge in [0.2, 0.25) is 0 Å². The standard InChI is InChI=1S/C13H20N2O/c1-13(2,3)10-4-5-12(14-8-10)15-7-6-11(16)9-15/h4-5,8,11,16H,6-7,9H2,1-3H3/t11-/m1/s1. The number of hydrogen-bond donors (Lipinski definition) is 1. The van der Waals surface area contributed by atoms with Gasteiger partial charge in [-0.3, -0.25) is 0 Å². The molecule has 0 spiro atoms. The molecule has 1 aromatic heterocycles. The summed E-state index contributed by atoms with van der Waals surface area (Å²) in [6, 6.07) is 4.19. The maximum absolute atomic E-state index is 9.48. The summed E-state index contributed by atoms with van der Waals surface area (Å²) in [5.41, 5.74) is 1.40. The second kappa shape index (κ2) is 4.06. The van der Waals surface area contributed by atoms with E-state index in [1.54, 1.807) is 0 Å². The maximum atomic E-state index is 9.48. The van der Waals surface area contributed by atoms with Gasteiger partial charge in [-0.05, 0) is 23.5 Å². The zero-order valence-electron chi connectivity index (χ0n) is 10.3. The Morgan fingerprint density at radius 1 is 1.38 bits per heavy atom. The number of pyridine rings is 1. The Morgan fingerprint density at radius 3 is 2.56 bits per heavy atom. The molecule has 1 aromatic rings. The van der Waals surface area contributed by atoms with Crippen LogP contribution in [-0.2, 0) is 5.41 Å². The van der Waals surface area contributed by atoms with Crippen molar-refractivity contribution in [2.45, 2.75) is 38.7 Å². The van der Waals surface area contributed by atoms with E-state index in [0.29, 0.717) is 6.54 Å². The van der Waals surface area contributed by atoms with Gasteiger partial charge < -0.3 is 10.0 Å². The van der Waals surface area contributed by atoms with Gasteiger partial charge in [0.05, 0.1) is 6.10 Å². The molecular weight excluding hydrogens is 200 g/mol. The SMILES string of the molecule is CC(C)(C)c1ccc(N2CC[C@@H](O)C2)nc1. The molecule has 16 heavy (non-hydrogen) atoms. The zero-order valence-corrected chi connectivity index (χ0v) is 10.3. The molecule has 3 heteroatoms. The number of nitrogens with zero attached hydrogens (tertiary/aromatic N) is 2. The smallest absolute Gasteiger partial charge is 0.128 e. The van der Waals surface area contributed by atoms with Crippen LogP contribution in [0.1, 0.15) is 32.8 Å². The summed E-state index contributed by atoms with van der Waals surface area (Å²) < 4.78 is 0. The van der Waals surface area contributed by atoms with Crippen molar-refractivity contribution in [2.24, 2.45) is 0 Å². The van der Waals surface area contributed by atoms with Crippen molar-refractivity contribution in [1.82, 2.24) is 4.98 Å². The minimum absolute atomic E-state index is 0.149. The Bertz CT molecular complexity index is 353. The molecule has 3 nitrogen and oxygen atoms in total. The molecule has 0 radical (unpaired) electrons. The summed E-state index contributed by atoms with van der Waals surface area (Å²) >= 11 is 0. The van der Waals surface area contributed by atoms with Gasteiger partial charge in [-0.2, -0.15) is 0 Å². The number of rotatable bonds is 1. The van der Waals surface area contributed by atoms with Crippen LogP contribution in [0.4, 0.5) is 5.82 Å². The van der Waals surface area contributed by atoms with Crippen LogP contribution < -0.4 is 4.90 Å². The first-order chi connectivity index (χ1) is 7.47. The summed E-state index contributed by atoms with van der Waals surface area (Å²) in [7, 11) is 0. The fourth-order valence-electron chi connectivity index (χ4n) is 1.97. The van der Waals surface area contributed by atoms with Gasteiger partial charge in [-0.1, -0.05) is 26.8 Å². The number of aromatic nitrogens is 1. The Kier molecular flexibility index (Phi) is 2.89. The highest BCUT2D eigenvalue weighted by Crippen LogP contribution is 2.24. The molecule has 2 heterocycles. The fourth-order valence-corrected chi connectivity index (χ4v) is 1.97. The minimum Gasteiger partial charge on any atom is -0.391 e. The molecule has 0 saturated carbocycles. The minimum atomic E-state index is -0.191. The first-order valence-electron chi connectivity index (χ1n) is 5.86. The van der Waals surface area contributed by atoms with Crippen molar-refractivity contribution in [3.8, 4) is 0 Å². The molecule has 1 aliphatic rings. The predicted molar refractivity (Wildman–Crippen MR) is 65.8 cm³/mol. The van der Waals surface area contributed by atoms with Crippen LogP contribution in [0.5, 0.6) is 0 Å². The molecule has 1 fully saturated rings. The lowest BCUT2D eigenvalue weighted by atomic mass is 9.88. The number of hydrogen-bond acceptors (Lipinski definition) is 3. The summed E-state index contributed by atoms with van der Waals surface area (Å²) in [5.74, 6) is 0.976. The van der Waals surface area contributed by atoms with Crippen LogP contribution in [0.3, 0.4) is 0 Å². The molecule has 1 aliphatic heterocycles. The van der Waals surface area contributed by atoms with E-state index in [9.17, 15) is 5.11 Å². The van der Waals surface area contributed by atoms with Crippen LogP contribution in [0.25, 0.3) is 0 Å². The van der Waals surface area contributed by atoms with Crippen LogP contribution in [0.2, 0.25) is 0 Å². The van der Waals surface area contributed by atoms with Gasteiger partial charge >= 0.3 is 0 Å². The highest BCUT2D eigenvalue weighted by molar-refractivity contribution is 5.41. The molecule has 1 atom stereocenters. The summed E-state index contributed by atoms with van der Waals surface area (Å²) in [4.78, 5) is 6.61. The first kappa shape index (κ1) is 11.4. The Balaban J connectivity index is 2.14. The van der Waals surface area contributed by atoms with E-state index in [0.717, 1.165) is 18.8 Å². The van der Waals surface area contributed by atoms with E-state index in [-0.39, 0.29) is 11.5 Å². The number of aliphatic hydroxyl groups is 1. The molecule has 0 aromatic carbocycles. The van der Waals surface area contributed by atoms with Crippen LogP contribution >= 0.6 is 0 Å². The van der Waals surface area contributed by atoms with Crippen molar-refractivity contribution in [3.63, 3.8) is 0 Å². The van der Waals surface area contributed by atoms with E-state index in [1.165, 1.54) is 5.56 Å². The lowest BCUT2D eigenvalue weighted by Gasteiger charge is -2.21. The second-order valence-corrected chi connectivity index (χ2v) is 5.54. The first-order valence-corrected chi connectivity index (χ1v) is 5.86. The average molecular weight is 220 g/mol. The lowest BCUT2D eigenvalue weighted by Crippen LogP contribution is -2.22. The quantitative estimate of drug-likeness (QED) is 0.786. The molecule has 88 valence electrons. The third-order valence-corrected chi connectivity index (χ3v) is 3.10. The van der Waals surface area contributed by atoms with Gasteiger partial charge in [-0.15, -0.1) is 0 Å². The van der Waals surface area contributed by atoms with Gasteiger partial charge in [0.25, 0.3) is 0 Å². The van der Waals surface area contributed by atoms with E-state index < -0.39 is 0 Å². The monoisotopic (exact) mass is 220 g/mol. The molecular formula is C13H20N2O. The van der Waals surface area contributed by atoms with E-state index in [4.69, 9.17) is 0 Å². The van der Waals surface area contributed by atoms with Crippen LogP contribution in [-0.4, -0.2) is 29.3 Å². The van der Waals surface area contributed by atoms with Crippen LogP contribution in [0.15, 0.2) is 18.3 Å². The van der Waals surface area contributed by atoms with Crippen molar-refractivity contribution in [1.29, 1.82) is 0 Å². The Morgan fingerprint density at radius 2 is 2.12 bits per heavy atom. The molecule has 0 bridgehead atoms. The number of aliphatic hydroxyl groups excluding tert-OH is 1. The highest BCUT2D eigenvalue weighted by atomic mass is 16.3. The largest absolute Gasteiger partial charge is 0.391 e. The summed E-state index contributed by atoms with van der Waals surface area (Å²) in [5, 5.41) is 9.48. The third kappa shape index (κ3) is 2.35. The molecule has 0 unspecified atom stereocenters. The summed E-state index contributed by atoms with van der Waals surface area (Å²) in [6.45, 7) is 8.17. The van der Waals surface area contributed by atoms with Crippen molar-refractivity contribution in [2.75, 3.05) is 18.0 Å².